The van der Waals surface area contributed by atoms with Crippen LogP contribution in [0.1, 0.15) is 37.9 Å². The third kappa shape index (κ3) is 4.66. The largest absolute Gasteiger partial charge is 0.373 e. The van der Waals surface area contributed by atoms with E-state index in [1.165, 1.54) is 16.6 Å². The van der Waals surface area contributed by atoms with E-state index in [-0.39, 0.29) is 17.1 Å². The molecule has 1 aromatic rings. The summed E-state index contributed by atoms with van der Waals surface area (Å²) in [5, 5.41) is 9.13. The van der Waals surface area contributed by atoms with Gasteiger partial charge in [0.2, 0.25) is 10.0 Å². The fourth-order valence-electron chi connectivity index (χ4n) is 4.05. The zero-order chi connectivity index (χ0) is 19.6. The van der Waals surface area contributed by atoms with Crippen molar-refractivity contribution in [3.05, 3.63) is 23.5 Å². The maximum absolute atomic E-state index is 12.9. The first-order chi connectivity index (χ1) is 12.8. The number of hydrogen-bond donors (Lipinski definition) is 0. The van der Waals surface area contributed by atoms with Crippen molar-refractivity contribution in [1.82, 2.24) is 14.2 Å². The summed E-state index contributed by atoms with van der Waals surface area (Å²) in [6.45, 7) is 9.80. The van der Waals surface area contributed by atoms with Gasteiger partial charge in [0.15, 0.2) is 0 Å². The first-order valence-corrected chi connectivity index (χ1v) is 11.0. The highest BCUT2D eigenvalue weighted by atomic mass is 32.2. The molecule has 8 heteroatoms. The number of sulfonamides is 1. The zero-order valence-electron chi connectivity index (χ0n) is 16.3. The van der Waals surface area contributed by atoms with E-state index in [1.807, 2.05) is 6.07 Å². The first-order valence-electron chi connectivity index (χ1n) is 9.54. The van der Waals surface area contributed by atoms with E-state index >= 15 is 0 Å². The number of morpholine rings is 1. The normalized spacial score (nSPS) is 26.0. The van der Waals surface area contributed by atoms with Crippen molar-refractivity contribution in [3.8, 4) is 6.07 Å². The van der Waals surface area contributed by atoms with Crippen molar-refractivity contribution in [2.24, 2.45) is 5.92 Å². The molecule has 3 heterocycles. The number of rotatable bonds is 4. The molecule has 27 heavy (non-hydrogen) atoms. The second kappa shape index (κ2) is 8.23. The summed E-state index contributed by atoms with van der Waals surface area (Å²) in [6.07, 6.45) is 3.55. The Labute approximate surface area is 162 Å². The van der Waals surface area contributed by atoms with Crippen LogP contribution in [0.25, 0.3) is 0 Å². The van der Waals surface area contributed by atoms with E-state index in [0.29, 0.717) is 30.3 Å². The molecular weight excluding hydrogens is 364 g/mol. The highest BCUT2D eigenvalue weighted by molar-refractivity contribution is 7.89. The molecule has 7 nitrogen and oxygen atoms in total. The standard InChI is InChI=1S/C19H28N4O3S/c1-14-11-22(12-15(2)26-14)13-17-4-6-23(7-5-17)27(24,25)19-8-18(9-20)16(3)21-10-19/h8,10,14-15,17H,4-7,11-13H2,1-3H3/t14-,15+. The van der Waals surface area contributed by atoms with Crippen LogP contribution in [0, 0.1) is 24.2 Å². The Balaban J connectivity index is 1.61. The molecule has 0 amide bonds. The zero-order valence-corrected chi connectivity index (χ0v) is 17.1. The Morgan fingerprint density at radius 3 is 2.48 bits per heavy atom. The molecule has 0 aromatic carbocycles. The molecule has 2 aliphatic rings. The SMILES string of the molecule is Cc1ncc(S(=O)(=O)N2CCC(CN3C[C@@H](C)O[C@@H](C)C3)CC2)cc1C#N. The summed E-state index contributed by atoms with van der Waals surface area (Å²) in [5.41, 5.74) is 0.852. The Morgan fingerprint density at radius 1 is 1.26 bits per heavy atom. The summed E-state index contributed by atoms with van der Waals surface area (Å²) in [7, 11) is -3.60. The maximum atomic E-state index is 12.9. The van der Waals surface area contributed by atoms with Crippen LogP contribution >= 0.6 is 0 Å². The van der Waals surface area contributed by atoms with Gasteiger partial charge in [0, 0.05) is 38.9 Å². The first kappa shape index (κ1) is 20.2. The summed E-state index contributed by atoms with van der Waals surface area (Å²) in [5.74, 6) is 0.500. The third-order valence-corrected chi connectivity index (χ3v) is 7.27. The third-order valence-electron chi connectivity index (χ3n) is 5.41. The second-order valence-corrected chi connectivity index (χ2v) is 9.68. The minimum atomic E-state index is -3.60. The molecule has 0 bridgehead atoms. The minimum Gasteiger partial charge on any atom is -0.373 e. The van der Waals surface area contributed by atoms with Crippen LogP contribution in [0.15, 0.2) is 17.2 Å². The number of ether oxygens (including phenoxy) is 1. The monoisotopic (exact) mass is 392 g/mol. The number of pyridine rings is 1. The van der Waals surface area contributed by atoms with Gasteiger partial charge in [-0.3, -0.25) is 9.88 Å². The van der Waals surface area contributed by atoms with Gasteiger partial charge in [-0.15, -0.1) is 0 Å². The summed E-state index contributed by atoms with van der Waals surface area (Å²) in [4.78, 5) is 6.62. The Morgan fingerprint density at radius 2 is 1.89 bits per heavy atom. The van der Waals surface area contributed by atoms with Gasteiger partial charge in [-0.25, -0.2) is 8.42 Å². The summed E-state index contributed by atoms with van der Waals surface area (Å²) in [6, 6.07) is 3.44. The molecular formula is C19H28N4O3S. The molecule has 2 atom stereocenters. The maximum Gasteiger partial charge on any atom is 0.244 e. The Hall–Kier alpha value is -1.53. The van der Waals surface area contributed by atoms with Crippen molar-refractivity contribution in [1.29, 1.82) is 5.26 Å². The Bertz CT molecular complexity index is 803. The van der Waals surface area contributed by atoms with E-state index < -0.39 is 10.0 Å². The highest BCUT2D eigenvalue weighted by Crippen LogP contribution is 2.26. The molecule has 148 valence electrons. The van der Waals surface area contributed by atoms with Crippen LogP contribution < -0.4 is 0 Å². The van der Waals surface area contributed by atoms with Crippen LogP contribution in [0.4, 0.5) is 0 Å². The number of aryl methyl sites for hydroxylation is 1. The molecule has 0 spiro atoms. The second-order valence-electron chi connectivity index (χ2n) is 7.74. The van der Waals surface area contributed by atoms with E-state index in [9.17, 15) is 8.42 Å². The van der Waals surface area contributed by atoms with E-state index in [1.54, 1.807) is 6.92 Å². The topological polar surface area (TPSA) is 86.5 Å². The van der Waals surface area contributed by atoms with E-state index in [2.05, 4.69) is 23.7 Å². The van der Waals surface area contributed by atoms with Gasteiger partial charge in [0.1, 0.15) is 11.0 Å². The minimum absolute atomic E-state index is 0.110. The quantitative estimate of drug-likeness (QED) is 0.776. The fraction of sp³-hybridized carbons (Fsp3) is 0.684. The summed E-state index contributed by atoms with van der Waals surface area (Å²) < 4.78 is 33.1. The van der Waals surface area contributed by atoms with Crippen molar-refractivity contribution in [2.75, 3.05) is 32.7 Å². The molecule has 3 rings (SSSR count). The van der Waals surface area contributed by atoms with Gasteiger partial charge in [0.25, 0.3) is 0 Å². The number of nitrogens with zero attached hydrogens (tertiary/aromatic N) is 4. The molecule has 0 aliphatic carbocycles. The average Bonchev–Trinajstić information content (AvgIpc) is 2.61. The lowest BCUT2D eigenvalue weighted by molar-refractivity contribution is -0.0726. The molecule has 1 aromatic heterocycles. The summed E-state index contributed by atoms with van der Waals surface area (Å²) >= 11 is 0. The van der Waals surface area contributed by atoms with Gasteiger partial charge < -0.3 is 4.74 Å². The van der Waals surface area contributed by atoms with E-state index in [0.717, 1.165) is 32.5 Å². The highest BCUT2D eigenvalue weighted by Gasteiger charge is 2.32. The van der Waals surface area contributed by atoms with Crippen LogP contribution in [-0.4, -0.2) is 67.5 Å². The van der Waals surface area contributed by atoms with Crippen molar-refractivity contribution in [2.45, 2.75) is 50.7 Å². The van der Waals surface area contributed by atoms with E-state index in [4.69, 9.17) is 10.00 Å². The lowest BCUT2D eigenvalue weighted by Crippen LogP contribution is -2.48. The molecule has 0 N–H and O–H groups in total. The van der Waals surface area contributed by atoms with Crippen molar-refractivity contribution in [3.63, 3.8) is 0 Å². The molecule has 0 saturated carbocycles. The van der Waals surface area contributed by atoms with Crippen molar-refractivity contribution < 1.29 is 13.2 Å². The van der Waals surface area contributed by atoms with Crippen molar-refractivity contribution >= 4 is 10.0 Å². The lowest BCUT2D eigenvalue weighted by atomic mass is 9.97. The van der Waals surface area contributed by atoms with Gasteiger partial charge in [-0.1, -0.05) is 0 Å². The van der Waals surface area contributed by atoms with Gasteiger partial charge in [0.05, 0.1) is 23.5 Å². The molecule has 0 unspecified atom stereocenters. The predicted octanol–water partition coefficient (Wildman–Crippen LogP) is 1.77. The molecule has 2 aliphatic heterocycles. The van der Waals surface area contributed by atoms with Gasteiger partial charge >= 0.3 is 0 Å². The number of piperidine rings is 1. The lowest BCUT2D eigenvalue weighted by Gasteiger charge is -2.39. The number of aromatic nitrogens is 1. The Kier molecular flexibility index (Phi) is 6.16. The van der Waals surface area contributed by atoms with Gasteiger partial charge in [-0.2, -0.15) is 9.57 Å². The van der Waals surface area contributed by atoms with Crippen LogP contribution in [0.5, 0.6) is 0 Å². The van der Waals surface area contributed by atoms with Crippen LogP contribution in [0.3, 0.4) is 0 Å². The van der Waals surface area contributed by atoms with Gasteiger partial charge in [-0.05, 0) is 45.6 Å². The number of nitriles is 1. The molecule has 0 radical (unpaired) electrons. The van der Waals surface area contributed by atoms with Crippen LogP contribution in [0.2, 0.25) is 0 Å². The molecule has 2 fully saturated rings. The smallest absolute Gasteiger partial charge is 0.244 e. The number of hydrogen-bond acceptors (Lipinski definition) is 6. The molecule has 2 saturated heterocycles. The predicted molar refractivity (Wildman–Crippen MR) is 102 cm³/mol. The average molecular weight is 393 g/mol. The van der Waals surface area contributed by atoms with Crippen LogP contribution in [-0.2, 0) is 14.8 Å². The fourth-order valence-corrected chi connectivity index (χ4v) is 5.49.